The zero-order valence-corrected chi connectivity index (χ0v) is 12.8. The van der Waals surface area contributed by atoms with E-state index in [1.165, 1.54) is 13.0 Å². The highest BCUT2D eigenvalue weighted by atomic mass is 16.5. The van der Waals surface area contributed by atoms with Crippen LogP contribution < -0.4 is 0 Å². The van der Waals surface area contributed by atoms with E-state index in [1.54, 1.807) is 7.11 Å². The predicted octanol–water partition coefficient (Wildman–Crippen LogP) is 1.62. The number of rotatable bonds is 5. The molecular weight excluding hydrogens is 270 g/mol. The molecule has 2 aliphatic heterocycles. The van der Waals surface area contributed by atoms with Gasteiger partial charge in [0.25, 0.3) is 0 Å². The molecule has 1 aromatic heterocycles. The van der Waals surface area contributed by atoms with Crippen molar-refractivity contribution in [2.75, 3.05) is 40.0 Å². The molecule has 0 spiro atoms. The highest BCUT2D eigenvalue weighted by molar-refractivity contribution is 4.98. The van der Waals surface area contributed by atoms with E-state index in [-0.39, 0.29) is 0 Å². The molecule has 1 aromatic rings. The number of likely N-dealkylation sites (tertiary alicyclic amines) is 1. The quantitative estimate of drug-likeness (QED) is 0.822. The third-order valence-corrected chi connectivity index (χ3v) is 4.52. The third-order valence-electron chi connectivity index (χ3n) is 4.52. The van der Waals surface area contributed by atoms with Crippen molar-refractivity contribution in [1.82, 2.24) is 15.0 Å². The summed E-state index contributed by atoms with van der Waals surface area (Å²) in [5.74, 6) is 1.94. The normalized spacial score (nSPS) is 25.3. The molecule has 2 fully saturated rings. The van der Waals surface area contributed by atoms with Gasteiger partial charge in [0.1, 0.15) is 0 Å². The van der Waals surface area contributed by atoms with Crippen LogP contribution in [-0.2, 0) is 15.9 Å². The van der Waals surface area contributed by atoms with Crippen molar-refractivity contribution in [3.63, 3.8) is 0 Å². The van der Waals surface area contributed by atoms with E-state index >= 15 is 0 Å². The second kappa shape index (κ2) is 7.33. The summed E-state index contributed by atoms with van der Waals surface area (Å²) in [4.78, 5) is 7.13. The Bertz CT molecular complexity index is 432. The highest BCUT2D eigenvalue weighted by Gasteiger charge is 2.30. The Kier molecular flexibility index (Phi) is 5.22. The summed E-state index contributed by atoms with van der Waals surface area (Å²) < 4.78 is 16.0. The lowest BCUT2D eigenvalue weighted by atomic mass is 9.95. The molecule has 0 N–H and O–H groups in total. The fourth-order valence-electron chi connectivity index (χ4n) is 3.32. The predicted molar refractivity (Wildman–Crippen MR) is 77.3 cm³/mol. The standard InChI is InChI=1S/C15H25N3O3/c1-19-8-6-14-16-15(21-17-14)12-3-2-7-18(11-12)13-4-9-20-10-5-13/h12-13H,2-11H2,1H3/t12-/m0/s1. The second-order valence-electron chi connectivity index (χ2n) is 5.97. The van der Waals surface area contributed by atoms with Gasteiger partial charge in [0.05, 0.1) is 12.5 Å². The van der Waals surface area contributed by atoms with Gasteiger partial charge in [0, 0.05) is 39.3 Å². The molecule has 0 aliphatic carbocycles. The minimum absolute atomic E-state index is 0.380. The van der Waals surface area contributed by atoms with Crippen molar-refractivity contribution < 1.29 is 14.0 Å². The van der Waals surface area contributed by atoms with Crippen LogP contribution in [-0.4, -0.2) is 61.1 Å². The van der Waals surface area contributed by atoms with E-state index in [9.17, 15) is 0 Å². The summed E-state index contributed by atoms with van der Waals surface area (Å²) in [5, 5.41) is 4.06. The lowest BCUT2D eigenvalue weighted by Gasteiger charge is -2.38. The van der Waals surface area contributed by atoms with Crippen molar-refractivity contribution in [2.45, 2.75) is 44.1 Å². The number of hydrogen-bond donors (Lipinski definition) is 0. The topological polar surface area (TPSA) is 60.6 Å². The summed E-state index contributed by atoms with van der Waals surface area (Å²) in [5.41, 5.74) is 0. The van der Waals surface area contributed by atoms with Gasteiger partial charge in [-0.15, -0.1) is 0 Å². The smallest absolute Gasteiger partial charge is 0.231 e. The summed E-state index contributed by atoms with van der Waals surface area (Å²) in [6.07, 6.45) is 5.37. The molecule has 0 amide bonds. The molecular formula is C15H25N3O3. The molecule has 118 valence electrons. The first-order valence-corrected chi connectivity index (χ1v) is 8.00. The largest absolute Gasteiger partial charge is 0.384 e. The molecule has 0 saturated carbocycles. The molecule has 21 heavy (non-hydrogen) atoms. The van der Waals surface area contributed by atoms with Crippen LogP contribution in [0, 0.1) is 0 Å². The van der Waals surface area contributed by atoms with Gasteiger partial charge in [-0.05, 0) is 32.2 Å². The van der Waals surface area contributed by atoms with Gasteiger partial charge in [0.15, 0.2) is 5.82 Å². The first-order chi connectivity index (χ1) is 10.4. The van der Waals surface area contributed by atoms with E-state index in [2.05, 4.69) is 15.0 Å². The van der Waals surface area contributed by atoms with Gasteiger partial charge in [-0.3, -0.25) is 4.90 Å². The van der Waals surface area contributed by atoms with E-state index in [1.807, 2.05) is 0 Å². The fraction of sp³-hybridized carbons (Fsp3) is 0.867. The van der Waals surface area contributed by atoms with Crippen molar-refractivity contribution >= 4 is 0 Å². The Morgan fingerprint density at radius 1 is 1.29 bits per heavy atom. The van der Waals surface area contributed by atoms with Crippen LogP contribution in [0.3, 0.4) is 0 Å². The zero-order valence-electron chi connectivity index (χ0n) is 12.8. The van der Waals surface area contributed by atoms with Gasteiger partial charge in [0.2, 0.25) is 5.89 Å². The van der Waals surface area contributed by atoms with Gasteiger partial charge >= 0.3 is 0 Å². The minimum atomic E-state index is 0.380. The molecule has 6 nitrogen and oxygen atoms in total. The molecule has 2 aliphatic rings. The minimum Gasteiger partial charge on any atom is -0.384 e. The van der Waals surface area contributed by atoms with Crippen molar-refractivity contribution in [1.29, 1.82) is 0 Å². The number of ether oxygens (including phenoxy) is 2. The van der Waals surface area contributed by atoms with Crippen LogP contribution >= 0.6 is 0 Å². The van der Waals surface area contributed by atoms with E-state index < -0.39 is 0 Å². The van der Waals surface area contributed by atoms with Crippen molar-refractivity contribution in [3.05, 3.63) is 11.7 Å². The SMILES string of the molecule is COCCc1noc([C@H]2CCCN(C3CCOCC3)C2)n1. The van der Waals surface area contributed by atoms with Crippen LogP contribution in [0.4, 0.5) is 0 Å². The molecule has 6 heteroatoms. The lowest BCUT2D eigenvalue weighted by Crippen LogP contribution is -2.44. The average Bonchev–Trinajstić information content (AvgIpc) is 3.03. The van der Waals surface area contributed by atoms with Gasteiger partial charge < -0.3 is 14.0 Å². The Hall–Kier alpha value is -0.980. The molecule has 0 bridgehead atoms. The van der Waals surface area contributed by atoms with E-state index in [4.69, 9.17) is 14.0 Å². The fourth-order valence-corrected chi connectivity index (χ4v) is 3.32. The lowest BCUT2D eigenvalue weighted by molar-refractivity contribution is 0.0221. The van der Waals surface area contributed by atoms with Crippen LogP contribution in [0.2, 0.25) is 0 Å². The summed E-state index contributed by atoms with van der Waals surface area (Å²) in [6, 6.07) is 0.664. The van der Waals surface area contributed by atoms with E-state index in [0.717, 1.165) is 57.2 Å². The van der Waals surface area contributed by atoms with Crippen LogP contribution in [0.5, 0.6) is 0 Å². The Balaban J connectivity index is 1.58. The average molecular weight is 295 g/mol. The summed E-state index contributed by atoms with van der Waals surface area (Å²) in [7, 11) is 1.69. The van der Waals surface area contributed by atoms with Crippen LogP contribution in [0.1, 0.15) is 43.3 Å². The Morgan fingerprint density at radius 3 is 2.95 bits per heavy atom. The maximum absolute atomic E-state index is 5.47. The Morgan fingerprint density at radius 2 is 2.14 bits per heavy atom. The van der Waals surface area contributed by atoms with Gasteiger partial charge in [-0.25, -0.2) is 0 Å². The monoisotopic (exact) mass is 295 g/mol. The second-order valence-corrected chi connectivity index (χ2v) is 5.97. The van der Waals surface area contributed by atoms with Gasteiger partial charge in [-0.2, -0.15) is 4.98 Å². The molecule has 2 saturated heterocycles. The molecule has 0 unspecified atom stereocenters. The molecule has 3 rings (SSSR count). The highest BCUT2D eigenvalue weighted by Crippen LogP contribution is 2.29. The van der Waals surface area contributed by atoms with Crippen LogP contribution in [0.15, 0.2) is 4.52 Å². The summed E-state index contributed by atoms with van der Waals surface area (Å²) >= 11 is 0. The third kappa shape index (κ3) is 3.81. The van der Waals surface area contributed by atoms with Crippen LogP contribution in [0.25, 0.3) is 0 Å². The summed E-state index contributed by atoms with van der Waals surface area (Å²) in [6.45, 7) is 4.65. The van der Waals surface area contributed by atoms with Crippen molar-refractivity contribution in [3.8, 4) is 0 Å². The first kappa shape index (κ1) is 14.9. The number of nitrogens with zero attached hydrogens (tertiary/aromatic N) is 3. The molecule has 1 atom stereocenters. The van der Waals surface area contributed by atoms with E-state index in [0.29, 0.717) is 18.6 Å². The van der Waals surface area contributed by atoms with Gasteiger partial charge in [-0.1, -0.05) is 5.16 Å². The number of methoxy groups -OCH3 is 1. The molecule has 3 heterocycles. The molecule has 0 aromatic carbocycles. The maximum Gasteiger partial charge on any atom is 0.231 e. The number of aromatic nitrogens is 2. The van der Waals surface area contributed by atoms with Crippen molar-refractivity contribution in [2.24, 2.45) is 0 Å². The molecule has 0 radical (unpaired) electrons. The number of piperidine rings is 1. The first-order valence-electron chi connectivity index (χ1n) is 8.00. The zero-order chi connectivity index (χ0) is 14.5. The maximum atomic E-state index is 5.47. The number of hydrogen-bond acceptors (Lipinski definition) is 6. The Labute approximate surface area is 125 Å².